The number of hydrogen-bond acceptors (Lipinski definition) is 1. The first-order chi connectivity index (χ1) is 4.83. The predicted octanol–water partition coefficient (Wildman–Crippen LogP) is 2.76. The summed E-state index contributed by atoms with van der Waals surface area (Å²) in [6, 6.07) is 7.95. The van der Waals surface area contributed by atoms with E-state index >= 15 is 0 Å². The molecule has 53 valence electrons. The second kappa shape index (κ2) is 3.74. The Bertz CT molecular complexity index is 210. The van der Waals surface area contributed by atoms with Gasteiger partial charge in [-0.05, 0) is 17.7 Å². The Kier molecular flexibility index (Phi) is 2.90. The molecule has 1 rings (SSSR count). The molecule has 0 heterocycles. The molecular formula is C8H8BrO. The van der Waals surface area contributed by atoms with Gasteiger partial charge in [0.2, 0.25) is 0 Å². The van der Waals surface area contributed by atoms with Crippen LogP contribution in [0, 0.1) is 7.11 Å². The van der Waals surface area contributed by atoms with Gasteiger partial charge >= 0.3 is 0 Å². The average Bonchev–Trinajstić information content (AvgIpc) is 1.88. The fourth-order valence-corrected chi connectivity index (χ4v) is 1.19. The maximum atomic E-state index is 4.71. The molecule has 0 fully saturated rings. The standard InChI is InChI=1S/C8H8BrO/c1-10-6-7-3-2-4-8(9)5-7/h2-5H,1,6H2. The fourth-order valence-electron chi connectivity index (χ4n) is 0.745. The van der Waals surface area contributed by atoms with Crippen molar-refractivity contribution >= 4 is 15.9 Å². The topological polar surface area (TPSA) is 9.23 Å². The van der Waals surface area contributed by atoms with E-state index in [0.29, 0.717) is 6.61 Å². The highest BCUT2D eigenvalue weighted by molar-refractivity contribution is 9.10. The molecule has 0 aliphatic heterocycles. The number of hydrogen-bond donors (Lipinski definition) is 0. The Morgan fingerprint density at radius 3 is 2.90 bits per heavy atom. The lowest BCUT2D eigenvalue weighted by atomic mass is 10.2. The zero-order valence-corrected chi connectivity index (χ0v) is 7.10. The molecule has 1 nitrogen and oxygen atoms in total. The van der Waals surface area contributed by atoms with Crippen LogP contribution in [0.25, 0.3) is 0 Å². The summed E-state index contributed by atoms with van der Waals surface area (Å²) in [5, 5.41) is 0. The summed E-state index contributed by atoms with van der Waals surface area (Å²) in [4.78, 5) is 0. The Morgan fingerprint density at radius 1 is 1.50 bits per heavy atom. The monoisotopic (exact) mass is 199 g/mol. The smallest absolute Gasteiger partial charge is 0.0718 e. The van der Waals surface area contributed by atoms with Crippen LogP contribution >= 0.6 is 15.9 Å². The number of rotatable bonds is 2. The largest absolute Gasteiger partial charge is 0.374 e. The quantitative estimate of drug-likeness (QED) is 0.713. The lowest BCUT2D eigenvalue weighted by Gasteiger charge is -1.97. The van der Waals surface area contributed by atoms with Crippen molar-refractivity contribution in [2.24, 2.45) is 0 Å². The first-order valence-electron chi connectivity index (χ1n) is 2.94. The summed E-state index contributed by atoms with van der Waals surface area (Å²) in [7, 11) is 3.30. The molecule has 1 aromatic carbocycles. The van der Waals surface area contributed by atoms with Crippen molar-refractivity contribution in [1.29, 1.82) is 0 Å². The normalized spacial score (nSPS) is 9.80. The van der Waals surface area contributed by atoms with Gasteiger partial charge in [0, 0.05) is 4.47 Å². The first-order valence-corrected chi connectivity index (χ1v) is 3.73. The number of halogens is 1. The molecule has 0 saturated carbocycles. The first kappa shape index (κ1) is 7.76. The minimum Gasteiger partial charge on any atom is -0.374 e. The van der Waals surface area contributed by atoms with E-state index in [4.69, 9.17) is 4.74 Å². The van der Waals surface area contributed by atoms with Gasteiger partial charge in [-0.15, -0.1) is 0 Å². The van der Waals surface area contributed by atoms with E-state index in [-0.39, 0.29) is 0 Å². The van der Waals surface area contributed by atoms with Gasteiger partial charge in [-0.2, -0.15) is 0 Å². The zero-order valence-electron chi connectivity index (χ0n) is 5.51. The Labute approximate surface area is 69.1 Å². The molecule has 0 aromatic heterocycles. The lowest BCUT2D eigenvalue weighted by molar-refractivity contribution is 0.229. The van der Waals surface area contributed by atoms with Crippen molar-refractivity contribution in [3.8, 4) is 0 Å². The van der Waals surface area contributed by atoms with E-state index in [9.17, 15) is 0 Å². The van der Waals surface area contributed by atoms with Gasteiger partial charge in [-0.25, -0.2) is 0 Å². The van der Waals surface area contributed by atoms with E-state index in [1.165, 1.54) is 0 Å². The summed E-state index contributed by atoms with van der Waals surface area (Å²) >= 11 is 3.36. The van der Waals surface area contributed by atoms with E-state index in [1.54, 1.807) is 0 Å². The third kappa shape index (κ3) is 2.12. The summed E-state index contributed by atoms with van der Waals surface area (Å²) < 4.78 is 5.78. The molecule has 0 aliphatic carbocycles. The van der Waals surface area contributed by atoms with Gasteiger partial charge in [-0.3, -0.25) is 0 Å². The van der Waals surface area contributed by atoms with Gasteiger partial charge in [0.05, 0.1) is 13.7 Å². The molecule has 0 amide bonds. The van der Waals surface area contributed by atoms with Gasteiger partial charge in [0.25, 0.3) is 0 Å². The molecule has 0 N–H and O–H groups in total. The number of ether oxygens (including phenoxy) is 1. The molecule has 0 unspecified atom stereocenters. The van der Waals surface area contributed by atoms with Crippen LogP contribution in [0.5, 0.6) is 0 Å². The highest BCUT2D eigenvalue weighted by Crippen LogP contribution is 2.11. The maximum absolute atomic E-state index is 4.71. The van der Waals surface area contributed by atoms with Crippen LogP contribution < -0.4 is 0 Å². The highest BCUT2D eigenvalue weighted by Gasteiger charge is 1.90. The molecule has 0 spiro atoms. The van der Waals surface area contributed by atoms with E-state index in [1.807, 2.05) is 24.3 Å². The minimum absolute atomic E-state index is 0.569. The van der Waals surface area contributed by atoms with Gasteiger partial charge < -0.3 is 4.74 Å². The lowest BCUT2D eigenvalue weighted by Crippen LogP contribution is -1.83. The van der Waals surface area contributed by atoms with Crippen molar-refractivity contribution in [2.75, 3.05) is 0 Å². The van der Waals surface area contributed by atoms with Crippen LogP contribution in [-0.2, 0) is 11.3 Å². The molecule has 10 heavy (non-hydrogen) atoms. The van der Waals surface area contributed by atoms with Crippen molar-refractivity contribution in [2.45, 2.75) is 6.61 Å². The zero-order chi connectivity index (χ0) is 7.40. The molecule has 0 bridgehead atoms. The van der Waals surface area contributed by atoms with Crippen molar-refractivity contribution in [3.05, 3.63) is 41.4 Å². The Morgan fingerprint density at radius 2 is 2.30 bits per heavy atom. The maximum Gasteiger partial charge on any atom is 0.0718 e. The Balaban J connectivity index is 2.75. The summed E-state index contributed by atoms with van der Waals surface area (Å²) in [5.74, 6) is 0. The molecule has 0 aliphatic rings. The van der Waals surface area contributed by atoms with Gasteiger partial charge in [0.1, 0.15) is 0 Å². The minimum atomic E-state index is 0.569. The van der Waals surface area contributed by atoms with E-state index in [2.05, 4.69) is 23.0 Å². The van der Waals surface area contributed by atoms with Crippen LogP contribution in [0.15, 0.2) is 28.7 Å². The Hall–Kier alpha value is -0.340. The van der Waals surface area contributed by atoms with Crippen LogP contribution in [0.3, 0.4) is 0 Å². The molecule has 0 atom stereocenters. The third-order valence-corrected chi connectivity index (χ3v) is 1.65. The highest BCUT2D eigenvalue weighted by atomic mass is 79.9. The van der Waals surface area contributed by atoms with Crippen LogP contribution in [-0.4, -0.2) is 0 Å². The van der Waals surface area contributed by atoms with Crippen molar-refractivity contribution < 1.29 is 4.74 Å². The van der Waals surface area contributed by atoms with Crippen molar-refractivity contribution in [3.63, 3.8) is 0 Å². The van der Waals surface area contributed by atoms with E-state index in [0.717, 1.165) is 10.0 Å². The van der Waals surface area contributed by atoms with Crippen LogP contribution in [0.1, 0.15) is 5.56 Å². The average molecular weight is 200 g/mol. The van der Waals surface area contributed by atoms with Crippen molar-refractivity contribution in [1.82, 2.24) is 0 Å². The van der Waals surface area contributed by atoms with E-state index < -0.39 is 0 Å². The molecule has 0 saturated heterocycles. The van der Waals surface area contributed by atoms with Gasteiger partial charge in [-0.1, -0.05) is 28.1 Å². The summed E-state index contributed by atoms with van der Waals surface area (Å²) in [5.41, 5.74) is 1.13. The SMILES string of the molecule is [CH2]OCc1cccc(Br)c1. The fraction of sp³-hybridized carbons (Fsp3) is 0.125. The summed E-state index contributed by atoms with van der Waals surface area (Å²) in [6.45, 7) is 0.569. The third-order valence-electron chi connectivity index (χ3n) is 1.16. The van der Waals surface area contributed by atoms with Gasteiger partial charge in [0.15, 0.2) is 0 Å². The summed E-state index contributed by atoms with van der Waals surface area (Å²) in [6.07, 6.45) is 0. The molecule has 1 radical (unpaired) electrons. The molecular weight excluding hydrogens is 192 g/mol. The molecule has 1 aromatic rings. The predicted molar refractivity (Wildman–Crippen MR) is 44.3 cm³/mol. The second-order valence-corrected chi connectivity index (χ2v) is 2.89. The molecule has 2 heteroatoms. The number of benzene rings is 1. The van der Waals surface area contributed by atoms with Crippen LogP contribution in [0.4, 0.5) is 0 Å². The van der Waals surface area contributed by atoms with Crippen LogP contribution in [0.2, 0.25) is 0 Å². The second-order valence-electron chi connectivity index (χ2n) is 1.98.